The summed E-state index contributed by atoms with van der Waals surface area (Å²) in [7, 11) is 0. The van der Waals surface area contributed by atoms with Gasteiger partial charge < -0.3 is 0 Å². The number of nitro benzene ring substituents is 1. The Balaban J connectivity index is 2.98. The molecule has 0 aliphatic carbocycles. The Bertz CT molecular complexity index is 489. The van der Waals surface area contributed by atoms with Gasteiger partial charge in [0.25, 0.3) is 11.6 Å². The highest BCUT2D eigenvalue weighted by Gasteiger charge is 2.19. The van der Waals surface area contributed by atoms with Crippen LogP contribution in [0.25, 0.3) is 0 Å². The Hall–Kier alpha value is -1.96. The predicted octanol–water partition coefficient (Wildman–Crippen LogP) is 1.14. The highest BCUT2D eigenvalue weighted by molar-refractivity contribution is 9.10. The first-order valence-electron chi connectivity index (χ1n) is 4.43. The van der Waals surface area contributed by atoms with Crippen molar-refractivity contribution in [2.45, 2.75) is 6.92 Å². The highest BCUT2D eigenvalue weighted by Crippen LogP contribution is 2.27. The predicted molar refractivity (Wildman–Crippen MR) is 62.1 cm³/mol. The van der Waals surface area contributed by atoms with Crippen molar-refractivity contribution in [1.29, 1.82) is 0 Å². The van der Waals surface area contributed by atoms with Gasteiger partial charge in [-0.05, 0) is 22.0 Å². The van der Waals surface area contributed by atoms with Gasteiger partial charge in [-0.2, -0.15) is 0 Å². The van der Waals surface area contributed by atoms with Crippen LogP contribution >= 0.6 is 15.9 Å². The lowest BCUT2D eigenvalue weighted by molar-refractivity contribution is -0.385. The van der Waals surface area contributed by atoms with Gasteiger partial charge in [-0.1, -0.05) is 6.07 Å². The second kappa shape index (κ2) is 5.39. The van der Waals surface area contributed by atoms with Crippen LogP contribution in [0.2, 0.25) is 0 Å². The molecule has 1 aromatic rings. The van der Waals surface area contributed by atoms with Crippen molar-refractivity contribution in [3.05, 3.63) is 38.3 Å². The molecule has 2 N–H and O–H groups in total. The van der Waals surface area contributed by atoms with Gasteiger partial charge in [0.05, 0.1) is 10.5 Å². The van der Waals surface area contributed by atoms with E-state index in [2.05, 4.69) is 26.8 Å². The normalized spacial score (nSPS) is 9.53. The molecule has 0 aliphatic heterocycles. The first kappa shape index (κ1) is 13.1. The Morgan fingerprint density at radius 2 is 2.00 bits per heavy atom. The third-order valence-corrected chi connectivity index (χ3v) is 2.61. The first-order valence-corrected chi connectivity index (χ1v) is 5.22. The van der Waals surface area contributed by atoms with Gasteiger partial charge in [0.1, 0.15) is 4.47 Å². The molecule has 2 amide bonds. The maximum atomic E-state index is 11.6. The maximum Gasteiger partial charge on any atom is 0.284 e. The minimum atomic E-state index is -0.643. The van der Waals surface area contributed by atoms with Crippen molar-refractivity contribution in [3.8, 4) is 0 Å². The molecule has 1 rings (SSSR count). The molecule has 0 heterocycles. The minimum Gasteiger partial charge on any atom is -0.274 e. The Kier molecular flexibility index (Phi) is 4.16. The first-order chi connectivity index (χ1) is 7.93. The van der Waals surface area contributed by atoms with E-state index in [1.807, 2.05) is 0 Å². The van der Waals surface area contributed by atoms with Gasteiger partial charge in [0, 0.05) is 13.0 Å². The Morgan fingerprint density at radius 3 is 2.53 bits per heavy atom. The van der Waals surface area contributed by atoms with E-state index in [0.29, 0.717) is 0 Å². The van der Waals surface area contributed by atoms with Crippen LogP contribution in [-0.2, 0) is 4.79 Å². The SMILES string of the molecule is CC(=O)NNC(=O)c1cccc([N+](=O)[O-])c1Br. The fourth-order valence-corrected chi connectivity index (χ4v) is 1.64. The van der Waals surface area contributed by atoms with E-state index in [4.69, 9.17) is 0 Å². The quantitative estimate of drug-likeness (QED) is 0.631. The van der Waals surface area contributed by atoms with Crippen molar-refractivity contribution in [2.75, 3.05) is 0 Å². The van der Waals surface area contributed by atoms with Crippen LogP contribution in [0.4, 0.5) is 5.69 Å². The molecule has 17 heavy (non-hydrogen) atoms. The summed E-state index contributed by atoms with van der Waals surface area (Å²) >= 11 is 2.97. The summed E-state index contributed by atoms with van der Waals surface area (Å²) in [5.41, 5.74) is 4.05. The standard InChI is InChI=1S/C9H8BrN3O4/c1-5(14)11-12-9(15)6-3-2-4-7(8(6)10)13(16)17/h2-4H,1H3,(H,11,14)(H,12,15). The molecule has 8 heteroatoms. The number of carbonyl (C=O) groups excluding carboxylic acids is 2. The molecule has 0 aliphatic rings. The van der Waals surface area contributed by atoms with Gasteiger partial charge >= 0.3 is 0 Å². The maximum absolute atomic E-state index is 11.6. The van der Waals surface area contributed by atoms with E-state index in [1.54, 1.807) is 0 Å². The molecule has 0 aromatic heterocycles. The van der Waals surface area contributed by atoms with E-state index in [9.17, 15) is 19.7 Å². The van der Waals surface area contributed by atoms with E-state index in [-0.39, 0.29) is 15.7 Å². The molecule has 1 aromatic carbocycles. The molecule has 0 bridgehead atoms. The molecule has 0 unspecified atom stereocenters. The minimum absolute atomic E-state index is 0.0628. The zero-order chi connectivity index (χ0) is 13.0. The second-order valence-corrected chi connectivity index (χ2v) is 3.82. The lowest BCUT2D eigenvalue weighted by atomic mass is 10.2. The van der Waals surface area contributed by atoms with E-state index >= 15 is 0 Å². The molecule has 7 nitrogen and oxygen atoms in total. The average molecular weight is 302 g/mol. The van der Waals surface area contributed by atoms with Crippen LogP contribution in [0.1, 0.15) is 17.3 Å². The Labute approximate surface area is 104 Å². The number of amides is 2. The van der Waals surface area contributed by atoms with Crippen LogP contribution in [0, 0.1) is 10.1 Å². The van der Waals surface area contributed by atoms with E-state index in [0.717, 1.165) is 0 Å². The van der Waals surface area contributed by atoms with E-state index < -0.39 is 16.7 Å². The lowest BCUT2D eigenvalue weighted by Crippen LogP contribution is -2.40. The summed E-state index contributed by atoms with van der Waals surface area (Å²) in [4.78, 5) is 32.2. The number of halogens is 1. The van der Waals surface area contributed by atoms with Gasteiger partial charge in [-0.25, -0.2) is 0 Å². The zero-order valence-electron chi connectivity index (χ0n) is 8.69. The molecule has 90 valence electrons. The molecule has 0 saturated carbocycles. The molecular weight excluding hydrogens is 294 g/mol. The van der Waals surface area contributed by atoms with Crippen molar-refractivity contribution < 1.29 is 14.5 Å². The molecule has 0 radical (unpaired) electrons. The van der Waals surface area contributed by atoms with Gasteiger partial charge in [-0.3, -0.25) is 30.6 Å². The monoisotopic (exact) mass is 301 g/mol. The van der Waals surface area contributed by atoms with Crippen LogP contribution in [-0.4, -0.2) is 16.7 Å². The number of hydrogen-bond acceptors (Lipinski definition) is 4. The van der Waals surface area contributed by atoms with E-state index in [1.165, 1.54) is 25.1 Å². The number of carbonyl (C=O) groups is 2. The fourth-order valence-electron chi connectivity index (χ4n) is 1.05. The number of nitrogens with one attached hydrogen (secondary N) is 2. The number of hydrazine groups is 1. The fraction of sp³-hybridized carbons (Fsp3) is 0.111. The second-order valence-electron chi connectivity index (χ2n) is 3.03. The number of benzene rings is 1. The van der Waals surface area contributed by atoms with Crippen LogP contribution in [0.5, 0.6) is 0 Å². The lowest BCUT2D eigenvalue weighted by Gasteiger charge is -2.06. The largest absolute Gasteiger partial charge is 0.284 e. The van der Waals surface area contributed by atoms with Crippen LogP contribution in [0.3, 0.4) is 0 Å². The summed E-state index contributed by atoms with van der Waals surface area (Å²) in [6.07, 6.45) is 0. The number of nitro groups is 1. The van der Waals surface area contributed by atoms with Crippen LogP contribution in [0.15, 0.2) is 22.7 Å². The third-order valence-electron chi connectivity index (χ3n) is 1.77. The average Bonchev–Trinajstić information content (AvgIpc) is 2.25. The van der Waals surface area contributed by atoms with Gasteiger partial charge in [-0.15, -0.1) is 0 Å². The van der Waals surface area contributed by atoms with Crippen LogP contribution < -0.4 is 10.9 Å². The molecule has 0 fully saturated rings. The topological polar surface area (TPSA) is 101 Å². The van der Waals surface area contributed by atoms with Crippen molar-refractivity contribution in [2.24, 2.45) is 0 Å². The molecule has 0 atom stereocenters. The number of hydrogen-bond donors (Lipinski definition) is 2. The highest BCUT2D eigenvalue weighted by atomic mass is 79.9. The van der Waals surface area contributed by atoms with Gasteiger partial charge in [0.2, 0.25) is 5.91 Å². The molecule has 0 spiro atoms. The van der Waals surface area contributed by atoms with Crippen molar-refractivity contribution in [1.82, 2.24) is 10.9 Å². The number of nitrogens with zero attached hydrogens (tertiary/aromatic N) is 1. The summed E-state index contributed by atoms with van der Waals surface area (Å²) in [6.45, 7) is 1.22. The molecular formula is C9H8BrN3O4. The summed E-state index contributed by atoms with van der Waals surface area (Å²) in [5.74, 6) is -1.09. The third kappa shape index (κ3) is 3.25. The van der Waals surface area contributed by atoms with Crippen molar-refractivity contribution >= 4 is 33.4 Å². The summed E-state index contributed by atoms with van der Waals surface area (Å²) < 4.78 is 0.0628. The number of rotatable bonds is 2. The van der Waals surface area contributed by atoms with Gasteiger partial charge in [0.15, 0.2) is 0 Å². The summed E-state index contributed by atoms with van der Waals surface area (Å²) in [5, 5.41) is 10.6. The zero-order valence-corrected chi connectivity index (χ0v) is 10.3. The summed E-state index contributed by atoms with van der Waals surface area (Å²) in [6, 6.07) is 4.04. The molecule has 0 saturated heterocycles. The van der Waals surface area contributed by atoms with Crippen molar-refractivity contribution in [3.63, 3.8) is 0 Å². The smallest absolute Gasteiger partial charge is 0.274 e. The Morgan fingerprint density at radius 1 is 1.35 bits per heavy atom.